The Balaban J connectivity index is 1.32. The fraction of sp³-hybridized carbons (Fsp3) is 0.333. The van der Waals surface area contributed by atoms with Gasteiger partial charge in [-0.3, -0.25) is 14.5 Å². The van der Waals surface area contributed by atoms with Crippen molar-refractivity contribution < 1.29 is 19.1 Å². The maximum atomic E-state index is 12.7. The molecular weight excluding hydrogens is 488 g/mol. The zero-order valence-corrected chi connectivity index (χ0v) is 22.0. The van der Waals surface area contributed by atoms with E-state index in [1.54, 1.807) is 31.4 Å². The SMILES string of the molecule is COC(C)OCc1ccc2c(c1)CCc1ccc(Cl)cc1N2CCCCN1C(=O)c2ccccc2C1=O. The summed E-state index contributed by atoms with van der Waals surface area (Å²) in [4.78, 5) is 29.1. The minimum Gasteiger partial charge on any atom is -0.356 e. The number of amides is 2. The van der Waals surface area contributed by atoms with Crippen LogP contribution in [0.4, 0.5) is 11.4 Å². The summed E-state index contributed by atoms with van der Waals surface area (Å²) in [6.45, 7) is 3.53. The molecule has 37 heavy (non-hydrogen) atoms. The first kappa shape index (κ1) is 25.5. The first-order chi connectivity index (χ1) is 18.0. The quantitative estimate of drug-likeness (QED) is 0.193. The second-order valence-corrected chi connectivity index (χ2v) is 9.95. The zero-order valence-electron chi connectivity index (χ0n) is 21.2. The molecule has 0 radical (unpaired) electrons. The molecular formula is C30H31ClN2O4. The average Bonchev–Trinajstić information content (AvgIpc) is 3.06. The van der Waals surface area contributed by atoms with Gasteiger partial charge in [-0.05, 0) is 79.6 Å². The van der Waals surface area contributed by atoms with Crippen molar-refractivity contribution in [2.45, 2.75) is 45.5 Å². The minimum absolute atomic E-state index is 0.199. The number of hydrogen-bond donors (Lipinski definition) is 0. The molecule has 5 rings (SSSR count). The van der Waals surface area contributed by atoms with Gasteiger partial charge >= 0.3 is 0 Å². The average molecular weight is 519 g/mol. The van der Waals surface area contributed by atoms with Crippen molar-refractivity contribution in [2.24, 2.45) is 0 Å². The Hall–Kier alpha value is -3.19. The van der Waals surface area contributed by atoms with Gasteiger partial charge in [-0.25, -0.2) is 0 Å². The van der Waals surface area contributed by atoms with Crippen molar-refractivity contribution in [3.05, 3.63) is 93.5 Å². The molecule has 7 heteroatoms. The number of halogens is 1. The van der Waals surface area contributed by atoms with Crippen molar-refractivity contribution in [2.75, 3.05) is 25.1 Å². The molecule has 2 amide bonds. The largest absolute Gasteiger partial charge is 0.356 e. The monoisotopic (exact) mass is 518 g/mol. The van der Waals surface area contributed by atoms with Gasteiger partial charge in [0.15, 0.2) is 6.29 Å². The number of benzene rings is 3. The number of carbonyl (C=O) groups is 2. The van der Waals surface area contributed by atoms with Gasteiger partial charge in [0.05, 0.1) is 17.7 Å². The summed E-state index contributed by atoms with van der Waals surface area (Å²) in [5, 5.41) is 0.705. The Morgan fingerprint density at radius 1 is 0.838 bits per heavy atom. The topological polar surface area (TPSA) is 59.1 Å². The number of hydrogen-bond acceptors (Lipinski definition) is 5. The molecule has 2 aliphatic heterocycles. The Bertz CT molecular complexity index is 1290. The highest BCUT2D eigenvalue weighted by atomic mass is 35.5. The predicted octanol–water partition coefficient (Wildman–Crippen LogP) is 6.16. The van der Waals surface area contributed by atoms with Gasteiger partial charge in [0.1, 0.15) is 0 Å². The highest BCUT2D eigenvalue weighted by Gasteiger charge is 2.34. The van der Waals surface area contributed by atoms with Gasteiger partial charge in [0.25, 0.3) is 11.8 Å². The normalized spacial score (nSPS) is 15.3. The smallest absolute Gasteiger partial charge is 0.261 e. The highest BCUT2D eigenvalue weighted by molar-refractivity contribution is 6.31. The van der Waals surface area contributed by atoms with Gasteiger partial charge < -0.3 is 14.4 Å². The maximum Gasteiger partial charge on any atom is 0.261 e. The van der Waals surface area contributed by atoms with Gasteiger partial charge in [0.2, 0.25) is 0 Å². The van der Waals surface area contributed by atoms with Crippen molar-refractivity contribution in [1.29, 1.82) is 0 Å². The third-order valence-electron chi connectivity index (χ3n) is 7.14. The number of carbonyl (C=O) groups excluding carboxylic acids is 2. The molecule has 1 atom stereocenters. The lowest BCUT2D eigenvalue weighted by molar-refractivity contribution is -0.118. The van der Waals surface area contributed by atoms with Crippen LogP contribution in [0, 0.1) is 0 Å². The molecule has 0 saturated carbocycles. The molecule has 2 heterocycles. The fourth-order valence-corrected chi connectivity index (χ4v) is 5.26. The van der Waals surface area contributed by atoms with Crippen LogP contribution in [-0.2, 0) is 28.9 Å². The van der Waals surface area contributed by atoms with Crippen LogP contribution in [0.25, 0.3) is 0 Å². The van der Waals surface area contributed by atoms with Crippen LogP contribution in [0.3, 0.4) is 0 Å². The summed E-state index contributed by atoms with van der Waals surface area (Å²) in [6.07, 6.45) is 3.11. The lowest BCUT2D eigenvalue weighted by Crippen LogP contribution is -2.31. The van der Waals surface area contributed by atoms with Gasteiger partial charge in [0, 0.05) is 36.6 Å². The van der Waals surface area contributed by atoms with E-state index < -0.39 is 0 Å². The van der Waals surface area contributed by atoms with Crippen LogP contribution in [0.15, 0.2) is 60.7 Å². The van der Waals surface area contributed by atoms with Crippen LogP contribution < -0.4 is 4.90 Å². The first-order valence-electron chi connectivity index (χ1n) is 12.7. The number of imide groups is 1. The molecule has 0 N–H and O–H groups in total. The number of fused-ring (bicyclic) bond motifs is 3. The summed E-state index contributed by atoms with van der Waals surface area (Å²) in [5.74, 6) is -0.397. The van der Waals surface area contributed by atoms with Crippen molar-refractivity contribution in [3.8, 4) is 0 Å². The summed E-state index contributed by atoms with van der Waals surface area (Å²) in [5.41, 5.74) is 6.89. The van der Waals surface area contributed by atoms with E-state index in [-0.39, 0.29) is 18.1 Å². The second-order valence-electron chi connectivity index (χ2n) is 9.52. The maximum absolute atomic E-state index is 12.7. The van der Waals surface area contributed by atoms with Gasteiger partial charge in [-0.1, -0.05) is 41.9 Å². The van der Waals surface area contributed by atoms with Gasteiger partial charge in [-0.2, -0.15) is 0 Å². The molecule has 0 aromatic heterocycles. The van der Waals surface area contributed by atoms with Crippen molar-refractivity contribution in [1.82, 2.24) is 4.90 Å². The zero-order chi connectivity index (χ0) is 25.9. The molecule has 0 spiro atoms. The van der Waals surface area contributed by atoms with Crippen LogP contribution in [0.5, 0.6) is 0 Å². The van der Waals surface area contributed by atoms with Crippen LogP contribution in [0.2, 0.25) is 5.02 Å². The Kier molecular flexibility index (Phi) is 7.60. The predicted molar refractivity (Wildman–Crippen MR) is 145 cm³/mol. The molecule has 3 aromatic rings. The van der Waals surface area contributed by atoms with Crippen LogP contribution in [-0.4, -0.2) is 43.2 Å². The molecule has 192 valence electrons. The third kappa shape index (κ3) is 5.28. The van der Waals surface area contributed by atoms with E-state index in [1.807, 2.05) is 19.1 Å². The molecule has 6 nitrogen and oxygen atoms in total. The Morgan fingerprint density at radius 3 is 2.22 bits per heavy atom. The number of rotatable bonds is 9. The lowest BCUT2D eigenvalue weighted by Gasteiger charge is -2.28. The molecule has 0 saturated heterocycles. The number of ether oxygens (including phenoxy) is 2. The summed E-state index contributed by atoms with van der Waals surface area (Å²) in [6, 6.07) is 19.6. The van der Waals surface area contributed by atoms with E-state index in [0.717, 1.165) is 42.7 Å². The van der Waals surface area contributed by atoms with E-state index in [9.17, 15) is 9.59 Å². The summed E-state index contributed by atoms with van der Waals surface area (Å²) in [7, 11) is 1.64. The van der Waals surface area contributed by atoms with Crippen LogP contribution >= 0.6 is 11.6 Å². The minimum atomic E-state index is -0.260. The second kappa shape index (κ2) is 11.1. The fourth-order valence-electron chi connectivity index (χ4n) is 5.10. The standard InChI is InChI=1S/C30H31ClN2O4/c1-20(36-2)37-19-21-9-14-27-23(17-21)11-10-22-12-13-24(31)18-28(22)32(27)15-5-6-16-33-29(34)25-7-3-4-8-26(25)30(33)35/h3-4,7-9,12-14,17-18,20H,5-6,10-11,15-16,19H2,1-2H3. The number of aryl methyl sites for hydroxylation is 2. The Labute approximate surface area is 222 Å². The van der Waals surface area contributed by atoms with Crippen LogP contribution in [0.1, 0.15) is 57.2 Å². The highest BCUT2D eigenvalue weighted by Crippen LogP contribution is 2.38. The number of anilines is 2. The third-order valence-corrected chi connectivity index (χ3v) is 7.38. The Morgan fingerprint density at radius 2 is 1.51 bits per heavy atom. The molecule has 2 aliphatic rings. The van der Waals surface area contributed by atoms with E-state index in [1.165, 1.54) is 16.0 Å². The van der Waals surface area contributed by atoms with E-state index in [4.69, 9.17) is 21.1 Å². The van der Waals surface area contributed by atoms with Crippen molar-refractivity contribution in [3.63, 3.8) is 0 Å². The number of unbranched alkanes of at least 4 members (excludes halogenated alkanes) is 1. The van der Waals surface area contributed by atoms with Crippen molar-refractivity contribution >= 4 is 34.8 Å². The summed E-state index contributed by atoms with van der Waals surface area (Å²) >= 11 is 6.42. The molecule has 0 bridgehead atoms. The summed E-state index contributed by atoms with van der Waals surface area (Å²) < 4.78 is 11.0. The molecule has 1 unspecified atom stereocenters. The first-order valence-corrected chi connectivity index (χ1v) is 13.1. The number of nitrogens with zero attached hydrogens (tertiary/aromatic N) is 2. The lowest BCUT2D eigenvalue weighted by atomic mass is 10.0. The number of methoxy groups -OCH3 is 1. The molecule has 0 aliphatic carbocycles. The van der Waals surface area contributed by atoms with Gasteiger partial charge in [-0.15, -0.1) is 0 Å². The van der Waals surface area contributed by atoms with E-state index in [0.29, 0.717) is 35.7 Å². The van der Waals surface area contributed by atoms with E-state index >= 15 is 0 Å². The molecule has 3 aromatic carbocycles. The molecule has 0 fully saturated rings. The van der Waals surface area contributed by atoms with E-state index in [2.05, 4.69) is 29.2 Å².